The molecular formula is C21H19N3O4. The third kappa shape index (κ3) is 3.46. The van der Waals surface area contributed by atoms with E-state index in [1.807, 2.05) is 24.3 Å². The Morgan fingerprint density at radius 2 is 1.71 bits per heavy atom. The maximum absolute atomic E-state index is 12.2. The predicted molar refractivity (Wildman–Crippen MR) is 102 cm³/mol. The Bertz CT molecular complexity index is 982. The molecule has 0 radical (unpaired) electrons. The summed E-state index contributed by atoms with van der Waals surface area (Å²) in [6, 6.07) is 16.3. The number of alkyl carbamates (subject to hydrolysis) is 1. The van der Waals surface area contributed by atoms with E-state index in [1.165, 1.54) is 21.9 Å². The van der Waals surface area contributed by atoms with Gasteiger partial charge in [0.05, 0.1) is 6.54 Å². The van der Waals surface area contributed by atoms with Crippen LogP contribution in [0.2, 0.25) is 0 Å². The highest BCUT2D eigenvalue weighted by Crippen LogP contribution is 2.44. The minimum absolute atomic E-state index is 0.00727. The fourth-order valence-corrected chi connectivity index (χ4v) is 3.60. The van der Waals surface area contributed by atoms with Crippen LogP contribution in [-0.4, -0.2) is 33.3 Å². The van der Waals surface area contributed by atoms with Crippen LogP contribution in [0.15, 0.2) is 60.9 Å². The van der Waals surface area contributed by atoms with Gasteiger partial charge in [-0.3, -0.25) is 4.79 Å². The van der Waals surface area contributed by atoms with Gasteiger partial charge in [-0.05, 0) is 22.3 Å². The van der Waals surface area contributed by atoms with Crippen molar-refractivity contribution in [2.24, 2.45) is 0 Å². The molecule has 3 aromatic rings. The zero-order valence-corrected chi connectivity index (χ0v) is 15.0. The van der Waals surface area contributed by atoms with Gasteiger partial charge >= 0.3 is 12.1 Å². The average Bonchev–Trinajstić information content (AvgIpc) is 3.26. The lowest BCUT2D eigenvalue weighted by molar-refractivity contribution is -0.137. The molecule has 1 aromatic heterocycles. The minimum Gasteiger partial charge on any atom is -0.480 e. The molecule has 0 bridgehead atoms. The number of nitrogens with zero attached hydrogens (tertiary/aromatic N) is 2. The second kappa shape index (κ2) is 7.56. The molecule has 0 spiro atoms. The Labute approximate surface area is 161 Å². The van der Waals surface area contributed by atoms with E-state index in [0.29, 0.717) is 5.82 Å². The third-order valence-electron chi connectivity index (χ3n) is 4.84. The number of hydrogen-bond acceptors (Lipinski definition) is 4. The SMILES string of the molecule is O=C(O)Cn1ccnc1CNC(=O)OCC1c2ccccc2-c2ccccc21. The second-order valence-electron chi connectivity index (χ2n) is 6.54. The normalized spacial score (nSPS) is 12.3. The summed E-state index contributed by atoms with van der Waals surface area (Å²) < 4.78 is 6.92. The van der Waals surface area contributed by atoms with E-state index in [2.05, 4.69) is 34.6 Å². The summed E-state index contributed by atoms with van der Waals surface area (Å²) >= 11 is 0. The van der Waals surface area contributed by atoms with Crippen LogP contribution in [0.1, 0.15) is 22.9 Å². The van der Waals surface area contributed by atoms with Crippen LogP contribution >= 0.6 is 0 Å². The molecule has 1 aliphatic carbocycles. The van der Waals surface area contributed by atoms with E-state index < -0.39 is 12.1 Å². The summed E-state index contributed by atoms with van der Waals surface area (Å²) in [7, 11) is 0. The van der Waals surface area contributed by atoms with Crippen LogP contribution in [0.3, 0.4) is 0 Å². The van der Waals surface area contributed by atoms with Crippen molar-refractivity contribution >= 4 is 12.1 Å². The fourth-order valence-electron chi connectivity index (χ4n) is 3.60. The van der Waals surface area contributed by atoms with Crippen LogP contribution in [0.25, 0.3) is 11.1 Å². The van der Waals surface area contributed by atoms with Crippen molar-refractivity contribution in [3.8, 4) is 11.1 Å². The first-order valence-electron chi connectivity index (χ1n) is 8.94. The van der Waals surface area contributed by atoms with E-state index in [1.54, 1.807) is 6.20 Å². The molecule has 0 aliphatic heterocycles. The van der Waals surface area contributed by atoms with Gasteiger partial charge in [0.15, 0.2) is 0 Å². The zero-order chi connectivity index (χ0) is 19.5. The number of ether oxygens (including phenoxy) is 1. The van der Waals surface area contributed by atoms with Crippen molar-refractivity contribution in [1.82, 2.24) is 14.9 Å². The maximum atomic E-state index is 12.2. The predicted octanol–water partition coefficient (Wildman–Crippen LogP) is 3.01. The molecule has 4 rings (SSSR count). The standard InChI is InChI=1S/C21H19N3O4/c25-20(26)12-24-10-9-22-19(24)11-23-21(27)28-13-18-16-7-3-1-5-14(16)15-6-2-4-8-17(15)18/h1-10,18H,11-13H2,(H,23,27)(H,25,26). The molecule has 28 heavy (non-hydrogen) atoms. The number of benzene rings is 2. The molecule has 0 atom stereocenters. The summed E-state index contributed by atoms with van der Waals surface area (Å²) in [5.74, 6) is -0.525. The largest absolute Gasteiger partial charge is 0.480 e. The monoisotopic (exact) mass is 377 g/mol. The van der Waals surface area contributed by atoms with Gasteiger partial charge in [-0.1, -0.05) is 48.5 Å². The lowest BCUT2D eigenvalue weighted by Gasteiger charge is -2.14. The van der Waals surface area contributed by atoms with Gasteiger partial charge in [0.2, 0.25) is 0 Å². The van der Waals surface area contributed by atoms with Crippen LogP contribution in [0, 0.1) is 0 Å². The first-order valence-corrected chi connectivity index (χ1v) is 8.94. The van der Waals surface area contributed by atoms with Gasteiger partial charge in [-0.25, -0.2) is 9.78 Å². The molecular weight excluding hydrogens is 358 g/mol. The van der Waals surface area contributed by atoms with Gasteiger partial charge in [-0.2, -0.15) is 0 Å². The number of imidazole rings is 1. The zero-order valence-electron chi connectivity index (χ0n) is 15.0. The highest BCUT2D eigenvalue weighted by molar-refractivity contribution is 5.79. The molecule has 7 heteroatoms. The van der Waals surface area contributed by atoms with Crippen molar-refractivity contribution in [1.29, 1.82) is 0 Å². The fraction of sp³-hybridized carbons (Fsp3) is 0.190. The van der Waals surface area contributed by atoms with Gasteiger partial charge in [0.25, 0.3) is 0 Å². The Morgan fingerprint density at radius 3 is 2.36 bits per heavy atom. The van der Waals surface area contributed by atoms with Crippen molar-refractivity contribution in [3.05, 3.63) is 77.9 Å². The van der Waals surface area contributed by atoms with Gasteiger partial charge in [-0.15, -0.1) is 0 Å². The van der Waals surface area contributed by atoms with Crippen LogP contribution in [0.5, 0.6) is 0 Å². The van der Waals surface area contributed by atoms with E-state index in [0.717, 1.165) is 11.1 Å². The number of fused-ring (bicyclic) bond motifs is 3. The molecule has 0 saturated carbocycles. The summed E-state index contributed by atoms with van der Waals surface area (Å²) in [6.07, 6.45) is 2.49. The Kier molecular flexibility index (Phi) is 4.80. The Morgan fingerprint density at radius 1 is 1.07 bits per heavy atom. The average molecular weight is 377 g/mol. The molecule has 142 valence electrons. The lowest BCUT2D eigenvalue weighted by atomic mass is 9.98. The number of carboxylic acids is 1. The van der Waals surface area contributed by atoms with Crippen LogP contribution in [-0.2, 0) is 22.6 Å². The van der Waals surface area contributed by atoms with Gasteiger partial charge in [0.1, 0.15) is 19.0 Å². The van der Waals surface area contributed by atoms with Gasteiger partial charge < -0.3 is 19.7 Å². The van der Waals surface area contributed by atoms with E-state index in [4.69, 9.17) is 9.84 Å². The topological polar surface area (TPSA) is 93.5 Å². The quantitative estimate of drug-likeness (QED) is 0.689. The molecule has 0 unspecified atom stereocenters. The highest BCUT2D eigenvalue weighted by Gasteiger charge is 2.28. The third-order valence-corrected chi connectivity index (χ3v) is 4.84. The van der Waals surface area contributed by atoms with E-state index in [9.17, 15) is 9.59 Å². The first kappa shape index (κ1) is 17.8. The van der Waals surface area contributed by atoms with Crippen molar-refractivity contribution in [3.63, 3.8) is 0 Å². The number of rotatable bonds is 6. The number of nitrogens with one attached hydrogen (secondary N) is 1. The molecule has 0 saturated heterocycles. The molecule has 1 heterocycles. The maximum Gasteiger partial charge on any atom is 0.407 e. The number of carbonyl (C=O) groups excluding carboxylic acids is 1. The molecule has 7 nitrogen and oxygen atoms in total. The molecule has 1 aliphatic rings. The Hall–Kier alpha value is -3.61. The molecule has 2 N–H and O–H groups in total. The minimum atomic E-state index is -0.972. The van der Waals surface area contributed by atoms with E-state index >= 15 is 0 Å². The number of aromatic nitrogens is 2. The number of hydrogen-bond donors (Lipinski definition) is 2. The molecule has 0 fully saturated rings. The summed E-state index contributed by atoms with van der Waals surface area (Å²) in [6.45, 7) is 0.113. The summed E-state index contributed by atoms with van der Waals surface area (Å²) in [5.41, 5.74) is 4.63. The number of aliphatic carboxylic acids is 1. The number of carbonyl (C=O) groups is 2. The van der Waals surface area contributed by atoms with Crippen molar-refractivity contribution < 1.29 is 19.4 Å². The Balaban J connectivity index is 1.39. The number of carboxylic acid groups (broad SMARTS) is 1. The van der Waals surface area contributed by atoms with Crippen LogP contribution < -0.4 is 5.32 Å². The van der Waals surface area contributed by atoms with Gasteiger partial charge in [0, 0.05) is 18.3 Å². The highest BCUT2D eigenvalue weighted by atomic mass is 16.5. The molecule has 1 amide bonds. The van der Waals surface area contributed by atoms with Crippen LogP contribution in [0.4, 0.5) is 4.79 Å². The summed E-state index contributed by atoms with van der Waals surface area (Å²) in [5, 5.41) is 11.5. The summed E-state index contributed by atoms with van der Waals surface area (Å²) in [4.78, 5) is 27.1. The molecule has 2 aromatic carbocycles. The lowest BCUT2D eigenvalue weighted by Crippen LogP contribution is -2.27. The first-order chi connectivity index (χ1) is 13.6. The smallest absolute Gasteiger partial charge is 0.407 e. The van der Waals surface area contributed by atoms with E-state index in [-0.39, 0.29) is 25.6 Å². The van der Waals surface area contributed by atoms with Crippen molar-refractivity contribution in [2.75, 3.05) is 6.61 Å². The second-order valence-corrected chi connectivity index (χ2v) is 6.54. The number of amides is 1. The van der Waals surface area contributed by atoms with Crippen molar-refractivity contribution in [2.45, 2.75) is 19.0 Å².